The zero-order valence-corrected chi connectivity index (χ0v) is 9.05. The highest BCUT2D eigenvalue weighted by atomic mass is 16.3. The van der Waals surface area contributed by atoms with Crippen LogP contribution >= 0.6 is 0 Å². The van der Waals surface area contributed by atoms with Crippen molar-refractivity contribution in [3.8, 4) is 17.2 Å². The molecule has 0 aliphatic carbocycles. The summed E-state index contributed by atoms with van der Waals surface area (Å²) < 4.78 is 5.49. The first-order chi connectivity index (χ1) is 8.38. The monoisotopic (exact) mass is 219 g/mol. The summed E-state index contributed by atoms with van der Waals surface area (Å²) in [6.45, 7) is 0. The Hall–Kier alpha value is -2.53. The Morgan fingerprint density at radius 3 is 2.47 bits per heavy atom. The zero-order valence-electron chi connectivity index (χ0n) is 9.05. The van der Waals surface area contributed by atoms with Crippen molar-refractivity contribution >= 4 is 11.0 Å². The number of nitrogens with zero attached hydrogens (tertiary/aromatic N) is 1. The molecular weight excluding hydrogens is 210 g/mol. The largest absolute Gasteiger partial charge is 0.464 e. The summed E-state index contributed by atoms with van der Waals surface area (Å²) in [6.07, 6.45) is 1.76. The summed E-state index contributed by atoms with van der Waals surface area (Å²) in [5.41, 5.74) is 3.67. The maximum atomic E-state index is 8.76. The third-order valence-corrected chi connectivity index (χ3v) is 2.81. The summed E-state index contributed by atoms with van der Waals surface area (Å²) in [6, 6.07) is 17.6. The highest BCUT2D eigenvalue weighted by molar-refractivity contribution is 5.93. The minimum atomic E-state index is 0.668. The van der Waals surface area contributed by atoms with E-state index in [0.717, 1.165) is 22.1 Å². The second-order valence-corrected chi connectivity index (χ2v) is 3.83. The first kappa shape index (κ1) is 9.68. The van der Waals surface area contributed by atoms with E-state index < -0.39 is 0 Å². The van der Waals surface area contributed by atoms with Gasteiger partial charge in [-0.1, -0.05) is 30.3 Å². The second-order valence-electron chi connectivity index (χ2n) is 3.83. The zero-order chi connectivity index (χ0) is 11.7. The van der Waals surface area contributed by atoms with Gasteiger partial charge >= 0.3 is 0 Å². The maximum absolute atomic E-state index is 8.76. The molecule has 3 aromatic rings. The molecule has 17 heavy (non-hydrogen) atoms. The van der Waals surface area contributed by atoms with Crippen LogP contribution in [0.4, 0.5) is 0 Å². The molecule has 0 aliphatic heterocycles. The lowest BCUT2D eigenvalue weighted by Crippen LogP contribution is -1.77. The van der Waals surface area contributed by atoms with E-state index in [0.29, 0.717) is 5.56 Å². The van der Waals surface area contributed by atoms with E-state index in [2.05, 4.69) is 6.07 Å². The number of hydrogen-bond acceptors (Lipinski definition) is 2. The molecule has 1 aromatic heterocycles. The molecule has 3 rings (SSSR count). The molecule has 2 nitrogen and oxygen atoms in total. The third kappa shape index (κ3) is 1.58. The molecule has 0 saturated heterocycles. The van der Waals surface area contributed by atoms with Crippen molar-refractivity contribution in [1.82, 2.24) is 0 Å². The van der Waals surface area contributed by atoms with Gasteiger partial charge in [0.05, 0.1) is 17.9 Å². The van der Waals surface area contributed by atoms with Crippen molar-refractivity contribution < 1.29 is 4.42 Å². The Labute approximate surface area is 98.7 Å². The Balaban J connectivity index is 2.17. The third-order valence-electron chi connectivity index (χ3n) is 2.81. The van der Waals surface area contributed by atoms with Gasteiger partial charge in [-0.2, -0.15) is 5.26 Å². The molecule has 0 atom stereocenters. The second kappa shape index (κ2) is 3.80. The number of para-hydroxylation sites is 1. The first-order valence-electron chi connectivity index (χ1n) is 5.35. The predicted octanol–water partition coefficient (Wildman–Crippen LogP) is 3.97. The van der Waals surface area contributed by atoms with E-state index in [4.69, 9.17) is 9.68 Å². The first-order valence-corrected chi connectivity index (χ1v) is 5.35. The average molecular weight is 219 g/mol. The lowest BCUT2D eigenvalue weighted by atomic mass is 10.0. The van der Waals surface area contributed by atoms with Gasteiger partial charge in [0, 0.05) is 10.9 Å². The standard InChI is InChI=1S/C15H9NO/c16-9-11-5-7-12(8-6-11)14-10-17-15-4-2-1-3-13(14)15/h1-8,10H. The maximum Gasteiger partial charge on any atom is 0.134 e. The fourth-order valence-corrected chi connectivity index (χ4v) is 1.93. The fourth-order valence-electron chi connectivity index (χ4n) is 1.93. The highest BCUT2D eigenvalue weighted by Gasteiger charge is 2.06. The number of fused-ring (bicyclic) bond motifs is 1. The van der Waals surface area contributed by atoms with Crippen LogP contribution in [0.5, 0.6) is 0 Å². The van der Waals surface area contributed by atoms with E-state index in [1.54, 1.807) is 6.26 Å². The van der Waals surface area contributed by atoms with E-state index in [1.165, 1.54) is 0 Å². The van der Waals surface area contributed by atoms with Crippen molar-refractivity contribution in [2.45, 2.75) is 0 Å². The highest BCUT2D eigenvalue weighted by Crippen LogP contribution is 2.30. The predicted molar refractivity (Wildman–Crippen MR) is 66.4 cm³/mol. The Kier molecular flexibility index (Phi) is 2.16. The topological polar surface area (TPSA) is 36.9 Å². The summed E-state index contributed by atoms with van der Waals surface area (Å²) >= 11 is 0. The number of nitriles is 1. The number of benzene rings is 2. The Morgan fingerprint density at radius 2 is 1.71 bits per heavy atom. The van der Waals surface area contributed by atoms with Gasteiger partial charge in [0.2, 0.25) is 0 Å². The fraction of sp³-hybridized carbons (Fsp3) is 0. The minimum Gasteiger partial charge on any atom is -0.464 e. The van der Waals surface area contributed by atoms with Crippen LogP contribution in [-0.4, -0.2) is 0 Å². The van der Waals surface area contributed by atoms with Gasteiger partial charge in [-0.25, -0.2) is 0 Å². The normalized spacial score (nSPS) is 10.3. The van der Waals surface area contributed by atoms with Crippen LogP contribution in [0.3, 0.4) is 0 Å². The van der Waals surface area contributed by atoms with Gasteiger partial charge < -0.3 is 4.42 Å². The van der Waals surface area contributed by atoms with Crippen LogP contribution in [0.2, 0.25) is 0 Å². The molecule has 0 amide bonds. The number of furan rings is 1. The van der Waals surface area contributed by atoms with Crippen molar-refractivity contribution in [3.05, 3.63) is 60.4 Å². The lowest BCUT2D eigenvalue weighted by molar-refractivity contribution is 0.617. The van der Waals surface area contributed by atoms with Crippen molar-refractivity contribution in [2.24, 2.45) is 0 Å². The van der Waals surface area contributed by atoms with E-state index in [-0.39, 0.29) is 0 Å². The van der Waals surface area contributed by atoms with Crippen LogP contribution in [-0.2, 0) is 0 Å². The van der Waals surface area contributed by atoms with Crippen molar-refractivity contribution in [1.29, 1.82) is 5.26 Å². The molecule has 0 N–H and O–H groups in total. The van der Waals surface area contributed by atoms with Crippen LogP contribution in [0.25, 0.3) is 22.1 Å². The average Bonchev–Trinajstić information content (AvgIpc) is 2.83. The minimum absolute atomic E-state index is 0.668. The molecule has 2 aromatic carbocycles. The van der Waals surface area contributed by atoms with Crippen LogP contribution < -0.4 is 0 Å². The molecule has 0 unspecified atom stereocenters. The van der Waals surface area contributed by atoms with Gasteiger partial charge in [0.1, 0.15) is 5.58 Å². The Morgan fingerprint density at radius 1 is 0.941 bits per heavy atom. The molecule has 0 radical (unpaired) electrons. The molecular formula is C15H9NO. The SMILES string of the molecule is N#Cc1ccc(-c2coc3ccccc23)cc1. The molecule has 1 heterocycles. The molecule has 0 fully saturated rings. The van der Waals surface area contributed by atoms with E-state index >= 15 is 0 Å². The van der Waals surface area contributed by atoms with Crippen molar-refractivity contribution in [3.63, 3.8) is 0 Å². The molecule has 2 heteroatoms. The number of rotatable bonds is 1. The molecule has 0 bridgehead atoms. The molecule has 0 aliphatic rings. The van der Waals surface area contributed by atoms with Gasteiger partial charge in [0.25, 0.3) is 0 Å². The van der Waals surface area contributed by atoms with Gasteiger partial charge in [-0.05, 0) is 23.8 Å². The smallest absolute Gasteiger partial charge is 0.134 e. The lowest BCUT2D eigenvalue weighted by Gasteiger charge is -1.98. The van der Waals surface area contributed by atoms with Gasteiger partial charge in [-0.15, -0.1) is 0 Å². The Bertz CT molecular complexity index is 702. The van der Waals surface area contributed by atoms with E-state index in [9.17, 15) is 0 Å². The summed E-state index contributed by atoms with van der Waals surface area (Å²) in [4.78, 5) is 0. The molecule has 80 valence electrons. The summed E-state index contributed by atoms with van der Waals surface area (Å²) in [7, 11) is 0. The summed E-state index contributed by atoms with van der Waals surface area (Å²) in [5, 5.41) is 9.86. The van der Waals surface area contributed by atoms with Gasteiger partial charge in [-0.3, -0.25) is 0 Å². The number of hydrogen-bond donors (Lipinski definition) is 0. The summed E-state index contributed by atoms with van der Waals surface area (Å²) in [5.74, 6) is 0. The van der Waals surface area contributed by atoms with Crippen molar-refractivity contribution in [2.75, 3.05) is 0 Å². The van der Waals surface area contributed by atoms with Crippen LogP contribution in [0.15, 0.2) is 59.2 Å². The quantitative estimate of drug-likeness (QED) is 0.620. The van der Waals surface area contributed by atoms with Gasteiger partial charge in [0.15, 0.2) is 0 Å². The molecule has 0 spiro atoms. The van der Waals surface area contributed by atoms with Crippen LogP contribution in [0, 0.1) is 11.3 Å². The van der Waals surface area contributed by atoms with E-state index in [1.807, 2.05) is 48.5 Å². The molecule has 0 saturated carbocycles. The van der Waals surface area contributed by atoms with Crippen LogP contribution in [0.1, 0.15) is 5.56 Å².